The molecule has 15 heavy (non-hydrogen) atoms. The van der Waals surface area contributed by atoms with E-state index in [2.05, 4.69) is 0 Å². The molecule has 0 aromatic rings. The zero-order valence-corrected chi connectivity index (χ0v) is 8.99. The Morgan fingerprint density at radius 1 is 1.33 bits per heavy atom. The summed E-state index contributed by atoms with van der Waals surface area (Å²) in [5, 5.41) is 0. The van der Waals surface area contributed by atoms with E-state index in [4.69, 9.17) is 4.74 Å². The third-order valence-electron chi connectivity index (χ3n) is 2.81. The Bertz CT molecular complexity index is 410. The van der Waals surface area contributed by atoms with Crippen molar-refractivity contribution in [2.45, 2.75) is 13.8 Å². The van der Waals surface area contributed by atoms with Crippen LogP contribution < -0.4 is 0 Å². The molecule has 0 fully saturated rings. The Kier molecular flexibility index (Phi) is 2.35. The summed E-state index contributed by atoms with van der Waals surface area (Å²) in [5.41, 5.74) is 1.50. The summed E-state index contributed by atoms with van der Waals surface area (Å²) < 4.78 is 5.12. The topological polar surface area (TPSA) is 26.3 Å². The van der Waals surface area contributed by atoms with Crippen molar-refractivity contribution in [2.24, 2.45) is 5.41 Å². The Morgan fingerprint density at radius 3 is 2.87 bits per heavy atom. The quantitative estimate of drug-likeness (QED) is 0.643. The standard InChI is InChI=1S/C13H14O2/c1-3-15-12(14)13-8-5-4-6-11(13)10(2)7-9-13/h4-9H,3H2,1-2H3. The number of esters is 1. The summed E-state index contributed by atoms with van der Waals surface area (Å²) >= 11 is 0. The monoisotopic (exact) mass is 202 g/mol. The van der Waals surface area contributed by atoms with Gasteiger partial charge in [-0.15, -0.1) is 0 Å². The molecule has 1 atom stereocenters. The van der Waals surface area contributed by atoms with E-state index in [0.717, 1.165) is 11.1 Å². The highest BCUT2D eigenvalue weighted by Crippen LogP contribution is 2.42. The van der Waals surface area contributed by atoms with Gasteiger partial charge in [-0.1, -0.05) is 36.5 Å². The van der Waals surface area contributed by atoms with E-state index in [1.807, 2.05) is 50.3 Å². The summed E-state index contributed by atoms with van der Waals surface area (Å²) in [7, 11) is 0. The molecule has 0 saturated carbocycles. The van der Waals surface area contributed by atoms with Crippen molar-refractivity contribution in [3.63, 3.8) is 0 Å². The van der Waals surface area contributed by atoms with Gasteiger partial charge in [0.1, 0.15) is 5.41 Å². The van der Waals surface area contributed by atoms with Gasteiger partial charge >= 0.3 is 5.97 Å². The molecule has 0 aromatic carbocycles. The number of fused-ring (bicyclic) bond motifs is 1. The van der Waals surface area contributed by atoms with E-state index in [0.29, 0.717) is 6.61 Å². The lowest BCUT2D eigenvalue weighted by Crippen LogP contribution is -2.30. The number of carbonyl (C=O) groups is 1. The highest BCUT2D eigenvalue weighted by atomic mass is 16.5. The lowest BCUT2D eigenvalue weighted by molar-refractivity contribution is -0.148. The van der Waals surface area contributed by atoms with E-state index < -0.39 is 5.41 Å². The molecule has 0 radical (unpaired) electrons. The van der Waals surface area contributed by atoms with E-state index in [1.165, 1.54) is 0 Å². The Balaban J connectivity index is 2.43. The van der Waals surface area contributed by atoms with Gasteiger partial charge in [-0.25, -0.2) is 0 Å². The van der Waals surface area contributed by atoms with Crippen LogP contribution in [0.4, 0.5) is 0 Å². The second-order valence-electron chi connectivity index (χ2n) is 3.74. The van der Waals surface area contributed by atoms with E-state index in [9.17, 15) is 4.79 Å². The van der Waals surface area contributed by atoms with E-state index in [-0.39, 0.29) is 5.97 Å². The van der Waals surface area contributed by atoms with E-state index >= 15 is 0 Å². The molecule has 78 valence electrons. The maximum atomic E-state index is 12.0. The second kappa shape index (κ2) is 3.54. The molecule has 2 aliphatic rings. The zero-order valence-electron chi connectivity index (χ0n) is 8.99. The first-order valence-corrected chi connectivity index (χ1v) is 5.14. The molecule has 2 aliphatic carbocycles. The van der Waals surface area contributed by atoms with E-state index in [1.54, 1.807) is 0 Å². The van der Waals surface area contributed by atoms with Gasteiger partial charge in [0, 0.05) is 0 Å². The van der Waals surface area contributed by atoms with Crippen molar-refractivity contribution < 1.29 is 9.53 Å². The van der Waals surface area contributed by atoms with Crippen LogP contribution >= 0.6 is 0 Å². The minimum atomic E-state index is -0.658. The van der Waals surface area contributed by atoms with Gasteiger partial charge in [0.2, 0.25) is 0 Å². The van der Waals surface area contributed by atoms with Crippen molar-refractivity contribution in [3.05, 3.63) is 47.6 Å². The van der Waals surface area contributed by atoms with Crippen LogP contribution in [0.25, 0.3) is 0 Å². The third-order valence-corrected chi connectivity index (χ3v) is 2.81. The zero-order chi connectivity index (χ0) is 10.9. The number of hydrogen-bond acceptors (Lipinski definition) is 2. The SMILES string of the molecule is CCOC(=O)C12C=CC=CC1=C(C)C=C2. The number of ether oxygens (including phenoxy) is 1. The normalized spacial score (nSPS) is 27.1. The third kappa shape index (κ3) is 1.37. The van der Waals surface area contributed by atoms with Crippen LogP contribution in [0, 0.1) is 5.41 Å². The minimum Gasteiger partial charge on any atom is -0.465 e. The average Bonchev–Trinajstić information content (AvgIpc) is 2.59. The van der Waals surface area contributed by atoms with Crippen molar-refractivity contribution >= 4 is 5.97 Å². The summed E-state index contributed by atoms with van der Waals surface area (Å²) in [4.78, 5) is 12.0. The van der Waals surface area contributed by atoms with Gasteiger partial charge in [-0.2, -0.15) is 0 Å². The molecule has 0 spiro atoms. The summed E-state index contributed by atoms with van der Waals surface area (Å²) in [6, 6.07) is 0. The maximum absolute atomic E-state index is 12.0. The smallest absolute Gasteiger partial charge is 0.324 e. The first kappa shape index (κ1) is 9.97. The molecule has 1 unspecified atom stereocenters. The fraction of sp³-hybridized carbons (Fsp3) is 0.308. The first-order chi connectivity index (χ1) is 7.20. The predicted molar refractivity (Wildman–Crippen MR) is 59.2 cm³/mol. The van der Waals surface area contributed by atoms with Gasteiger partial charge < -0.3 is 4.74 Å². The van der Waals surface area contributed by atoms with Crippen molar-refractivity contribution in [1.29, 1.82) is 0 Å². The lowest BCUT2D eigenvalue weighted by Gasteiger charge is -2.25. The van der Waals surface area contributed by atoms with Gasteiger partial charge in [0.15, 0.2) is 0 Å². The molecule has 0 amide bonds. The average molecular weight is 202 g/mol. The Morgan fingerprint density at radius 2 is 2.13 bits per heavy atom. The molecular formula is C13H14O2. The summed E-state index contributed by atoms with van der Waals surface area (Å²) in [5.74, 6) is -0.186. The highest BCUT2D eigenvalue weighted by Gasteiger charge is 2.41. The highest BCUT2D eigenvalue weighted by molar-refractivity contribution is 5.89. The Hall–Kier alpha value is -1.57. The molecule has 2 rings (SSSR count). The van der Waals surface area contributed by atoms with Crippen LogP contribution in [0.2, 0.25) is 0 Å². The molecule has 0 aromatic heterocycles. The van der Waals surface area contributed by atoms with Crippen LogP contribution in [0.5, 0.6) is 0 Å². The van der Waals surface area contributed by atoms with Crippen LogP contribution in [-0.2, 0) is 9.53 Å². The van der Waals surface area contributed by atoms with Crippen LogP contribution in [0.3, 0.4) is 0 Å². The van der Waals surface area contributed by atoms with Crippen molar-refractivity contribution in [1.82, 2.24) is 0 Å². The van der Waals surface area contributed by atoms with Gasteiger partial charge in [0.25, 0.3) is 0 Å². The van der Waals surface area contributed by atoms with Crippen molar-refractivity contribution in [2.75, 3.05) is 6.61 Å². The number of hydrogen-bond donors (Lipinski definition) is 0. The van der Waals surface area contributed by atoms with Gasteiger partial charge in [-0.3, -0.25) is 4.79 Å². The second-order valence-corrected chi connectivity index (χ2v) is 3.74. The summed E-state index contributed by atoms with van der Waals surface area (Å²) in [6.45, 7) is 4.25. The molecule has 0 N–H and O–H groups in total. The number of rotatable bonds is 2. The molecule has 2 heteroatoms. The largest absolute Gasteiger partial charge is 0.465 e. The fourth-order valence-corrected chi connectivity index (χ4v) is 2.03. The van der Waals surface area contributed by atoms with Crippen molar-refractivity contribution in [3.8, 4) is 0 Å². The molecule has 0 saturated heterocycles. The molecule has 2 nitrogen and oxygen atoms in total. The van der Waals surface area contributed by atoms with Crippen LogP contribution in [0.1, 0.15) is 13.8 Å². The molecular weight excluding hydrogens is 188 g/mol. The molecule has 0 aliphatic heterocycles. The molecule has 0 heterocycles. The maximum Gasteiger partial charge on any atom is 0.324 e. The van der Waals surface area contributed by atoms with Crippen LogP contribution in [0.15, 0.2) is 47.6 Å². The molecule has 0 bridgehead atoms. The van der Waals surface area contributed by atoms with Gasteiger partial charge in [0.05, 0.1) is 6.61 Å². The number of allylic oxidation sites excluding steroid dienone is 5. The fourth-order valence-electron chi connectivity index (χ4n) is 2.03. The summed E-state index contributed by atoms with van der Waals surface area (Å²) in [6.07, 6.45) is 11.6. The van der Waals surface area contributed by atoms with Gasteiger partial charge in [-0.05, 0) is 25.0 Å². The van der Waals surface area contributed by atoms with Crippen LogP contribution in [-0.4, -0.2) is 12.6 Å². The first-order valence-electron chi connectivity index (χ1n) is 5.14. The Labute approximate surface area is 89.6 Å². The minimum absolute atomic E-state index is 0.186. The predicted octanol–water partition coefficient (Wildman–Crippen LogP) is 2.55. The number of carbonyl (C=O) groups excluding carboxylic acids is 1. The lowest BCUT2D eigenvalue weighted by atomic mass is 9.79.